The summed E-state index contributed by atoms with van der Waals surface area (Å²) < 4.78 is 35.2. The number of benzene rings is 2. The summed E-state index contributed by atoms with van der Waals surface area (Å²) in [6.07, 6.45) is 0.247. The van der Waals surface area contributed by atoms with Crippen molar-refractivity contribution in [3.8, 4) is 22.6 Å². The molecule has 0 saturated carbocycles. The number of hydrogen-bond donors (Lipinski definition) is 1. The molecular weight excluding hydrogens is 372 g/mol. The summed E-state index contributed by atoms with van der Waals surface area (Å²) in [4.78, 5) is 12.2. The van der Waals surface area contributed by atoms with Crippen LogP contribution in [0.4, 0.5) is 14.5 Å². The second-order valence-corrected chi connectivity index (χ2v) is 6.45. The number of nitrogens with one attached hydrogen (secondary N) is 1. The maximum absolute atomic E-state index is 12.7. The lowest BCUT2D eigenvalue weighted by Crippen LogP contribution is -2.14. The van der Waals surface area contributed by atoms with Crippen LogP contribution in [0.1, 0.15) is 5.56 Å². The first-order valence-corrected chi connectivity index (χ1v) is 9.03. The molecule has 0 radical (unpaired) electrons. The van der Waals surface area contributed by atoms with Crippen LogP contribution in [0, 0.1) is 0 Å². The molecule has 0 atom stereocenters. The number of rotatable bonds is 7. The van der Waals surface area contributed by atoms with Crippen LogP contribution < -0.4 is 14.8 Å². The molecule has 1 N–H and O–H groups in total. The molecule has 0 fully saturated rings. The minimum absolute atomic E-state index is 0.0333. The summed E-state index contributed by atoms with van der Waals surface area (Å²) in [5.74, 6) is 0.498. The lowest BCUT2D eigenvalue weighted by atomic mass is 10.0. The SMILES string of the molecule is COc1ccc(-c2cc(NC(=O)Cc3ccsc3)ccc2OC(F)F)cc1. The maximum Gasteiger partial charge on any atom is 0.387 e. The quantitative estimate of drug-likeness (QED) is 0.604. The van der Waals surface area contributed by atoms with Crippen LogP contribution in [0.5, 0.6) is 11.5 Å². The lowest BCUT2D eigenvalue weighted by Gasteiger charge is -2.14. The highest BCUT2D eigenvalue weighted by molar-refractivity contribution is 7.08. The predicted molar refractivity (Wildman–Crippen MR) is 102 cm³/mol. The summed E-state index contributed by atoms with van der Waals surface area (Å²) in [6.45, 7) is -2.94. The van der Waals surface area contributed by atoms with Crippen molar-refractivity contribution >= 4 is 22.9 Å². The third-order valence-corrected chi connectivity index (χ3v) is 4.56. The molecule has 27 heavy (non-hydrogen) atoms. The van der Waals surface area contributed by atoms with Gasteiger partial charge in [0.15, 0.2) is 0 Å². The Bertz CT molecular complexity index is 896. The number of ether oxygens (including phenoxy) is 2. The monoisotopic (exact) mass is 389 g/mol. The van der Waals surface area contributed by atoms with Gasteiger partial charge in [-0.05, 0) is 58.3 Å². The van der Waals surface area contributed by atoms with Crippen LogP contribution in [-0.2, 0) is 11.2 Å². The minimum Gasteiger partial charge on any atom is -0.497 e. The van der Waals surface area contributed by atoms with Crippen molar-refractivity contribution in [2.75, 3.05) is 12.4 Å². The Morgan fingerprint density at radius 2 is 1.93 bits per heavy atom. The van der Waals surface area contributed by atoms with Gasteiger partial charge in [-0.3, -0.25) is 4.79 Å². The fourth-order valence-corrected chi connectivity index (χ4v) is 3.26. The van der Waals surface area contributed by atoms with E-state index in [4.69, 9.17) is 4.74 Å². The first kappa shape index (κ1) is 18.8. The predicted octanol–water partition coefficient (Wildman–Crippen LogP) is 5.21. The van der Waals surface area contributed by atoms with Gasteiger partial charge in [-0.15, -0.1) is 0 Å². The fourth-order valence-electron chi connectivity index (χ4n) is 2.59. The van der Waals surface area contributed by atoms with Crippen molar-refractivity contribution in [3.05, 3.63) is 64.9 Å². The number of halogens is 2. The number of thiophene rings is 1. The van der Waals surface area contributed by atoms with Gasteiger partial charge in [0.25, 0.3) is 0 Å². The topological polar surface area (TPSA) is 47.6 Å². The van der Waals surface area contributed by atoms with Crippen LogP contribution >= 0.6 is 11.3 Å². The van der Waals surface area contributed by atoms with Crippen LogP contribution in [0.15, 0.2) is 59.3 Å². The normalized spacial score (nSPS) is 10.7. The van der Waals surface area contributed by atoms with Gasteiger partial charge in [0.05, 0.1) is 13.5 Å². The summed E-state index contributed by atoms with van der Waals surface area (Å²) in [7, 11) is 1.55. The van der Waals surface area contributed by atoms with E-state index >= 15 is 0 Å². The number of methoxy groups -OCH3 is 1. The van der Waals surface area contributed by atoms with E-state index in [0.29, 0.717) is 22.6 Å². The molecular formula is C20H17F2NO3S. The molecule has 7 heteroatoms. The highest BCUT2D eigenvalue weighted by Crippen LogP contribution is 2.34. The molecule has 2 aromatic carbocycles. The number of carbonyl (C=O) groups excluding carboxylic acids is 1. The Kier molecular flexibility index (Phi) is 6.03. The third kappa shape index (κ3) is 5.04. The van der Waals surface area contributed by atoms with Gasteiger partial charge in [-0.25, -0.2) is 0 Å². The van der Waals surface area contributed by atoms with E-state index in [1.807, 2.05) is 16.8 Å². The molecule has 0 bridgehead atoms. The van der Waals surface area contributed by atoms with Gasteiger partial charge in [-0.1, -0.05) is 12.1 Å². The van der Waals surface area contributed by atoms with Crippen LogP contribution in [0.3, 0.4) is 0 Å². The van der Waals surface area contributed by atoms with E-state index in [1.165, 1.54) is 23.5 Å². The molecule has 0 saturated heterocycles. The molecule has 4 nitrogen and oxygen atoms in total. The summed E-state index contributed by atoms with van der Waals surface area (Å²) in [5, 5.41) is 6.60. The largest absolute Gasteiger partial charge is 0.497 e. The molecule has 0 aliphatic heterocycles. The van der Waals surface area contributed by atoms with Crippen molar-refractivity contribution in [2.24, 2.45) is 0 Å². The number of hydrogen-bond acceptors (Lipinski definition) is 4. The molecule has 3 rings (SSSR count). The third-order valence-electron chi connectivity index (χ3n) is 3.83. The molecule has 0 aliphatic carbocycles. The second-order valence-electron chi connectivity index (χ2n) is 5.67. The minimum atomic E-state index is -2.94. The van der Waals surface area contributed by atoms with E-state index in [-0.39, 0.29) is 18.1 Å². The van der Waals surface area contributed by atoms with Gasteiger partial charge in [0.2, 0.25) is 5.91 Å². The Morgan fingerprint density at radius 3 is 2.56 bits per heavy atom. The van der Waals surface area contributed by atoms with Crippen LogP contribution in [0.25, 0.3) is 11.1 Å². The molecule has 140 valence electrons. The van der Waals surface area contributed by atoms with Crippen molar-refractivity contribution in [2.45, 2.75) is 13.0 Å². The molecule has 3 aromatic rings. The average molecular weight is 389 g/mol. The Balaban J connectivity index is 1.86. The molecule has 0 spiro atoms. The zero-order chi connectivity index (χ0) is 19.2. The Morgan fingerprint density at radius 1 is 1.15 bits per heavy atom. The van der Waals surface area contributed by atoms with Crippen LogP contribution in [-0.4, -0.2) is 19.6 Å². The first-order valence-electron chi connectivity index (χ1n) is 8.09. The van der Waals surface area contributed by atoms with Gasteiger partial charge < -0.3 is 14.8 Å². The fraction of sp³-hybridized carbons (Fsp3) is 0.150. The average Bonchev–Trinajstić information content (AvgIpc) is 3.15. The Hall–Kier alpha value is -2.93. The molecule has 1 heterocycles. The number of anilines is 1. The summed E-state index contributed by atoms with van der Waals surface area (Å²) >= 11 is 1.52. The van der Waals surface area contributed by atoms with Crippen molar-refractivity contribution < 1.29 is 23.0 Å². The van der Waals surface area contributed by atoms with E-state index in [0.717, 1.165) is 5.56 Å². The van der Waals surface area contributed by atoms with Gasteiger partial charge in [0.1, 0.15) is 11.5 Å². The highest BCUT2D eigenvalue weighted by atomic mass is 32.1. The Labute approximate surface area is 159 Å². The maximum atomic E-state index is 12.7. The molecule has 1 amide bonds. The molecule has 1 aromatic heterocycles. The van der Waals surface area contributed by atoms with Crippen molar-refractivity contribution in [1.82, 2.24) is 0 Å². The van der Waals surface area contributed by atoms with Gasteiger partial charge >= 0.3 is 6.61 Å². The zero-order valence-corrected chi connectivity index (χ0v) is 15.3. The number of amides is 1. The number of alkyl halides is 2. The van der Waals surface area contributed by atoms with E-state index in [2.05, 4.69) is 10.1 Å². The van der Waals surface area contributed by atoms with E-state index in [9.17, 15) is 13.6 Å². The summed E-state index contributed by atoms with van der Waals surface area (Å²) in [5.41, 5.74) is 2.54. The number of carbonyl (C=O) groups is 1. The smallest absolute Gasteiger partial charge is 0.387 e. The van der Waals surface area contributed by atoms with Gasteiger partial charge in [-0.2, -0.15) is 20.1 Å². The molecule has 0 aliphatic rings. The van der Waals surface area contributed by atoms with E-state index < -0.39 is 6.61 Å². The summed E-state index contributed by atoms with van der Waals surface area (Å²) in [6, 6.07) is 13.4. The standard InChI is InChI=1S/C20H17F2NO3S/c1-25-16-5-2-14(3-6-16)17-11-15(4-7-18(17)26-20(21)22)23-19(24)10-13-8-9-27-12-13/h2-9,11-12,20H,10H2,1H3,(H,23,24). The van der Waals surface area contributed by atoms with Gasteiger partial charge in [0, 0.05) is 11.3 Å². The van der Waals surface area contributed by atoms with Crippen molar-refractivity contribution in [1.29, 1.82) is 0 Å². The first-order chi connectivity index (χ1) is 13.0. The van der Waals surface area contributed by atoms with Crippen molar-refractivity contribution in [3.63, 3.8) is 0 Å². The second kappa shape index (κ2) is 8.64. The lowest BCUT2D eigenvalue weighted by molar-refractivity contribution is -0.115. The molecule has 0 unspecified atom stereocenters. The zero-order valence-electron chi connectivity index (χ0n) is 14.4. The van der Waals surface area contributed by atoms with E-state index in [1.54, 1.807) is 37.4 Å². The highest BCUT2D eigenvalue weighted by Gasteiger charge is 2.14. The van der Waals surface area contributed by atoms with Crippen LogP contribution in [0.2, 0.25) is 0 Å².